The highest BCUT2D eigenvalue weighted by Gasteiger charge is 2.24. The van der Waals surface area contributed by atoms with E-state index in [4.69, 9.17) is 0 Å². The first-order valence-electron chi connectivity index (χ1n) is 8.74. The van der Waals surface area contributed by atoms with Gasteiger partial charge in [0.15, 0.2) is 0 Å². The van der Waals surface area contributed by atoms with Crippen molar-refractivity contribution >= 4 is 16.9 Å². The molecule has 1 atom stereocenters. The molecule has 5 heteroatoms. The van der Waals surface area contributed by atoms with E-state index in [0.29, 0.717) is 13.0 Å². The van der Waals surface area contributed by atoms with Crippen LogP contribution in [-0.4, -0.2) is 39.7 Å². The molecule has 0 radical (unpaired) electrons. The first-order chi connectivity index (χ1) is 11.5. The van der Waals surface area contributed by atoms with E-state index < -0.39 is 12.0 Å². The van der Waals surface area contributed by atoms with Crippen molar-refractivity contribution in [2.45, 2.75) is 46.3 Å². The van der Waals surface area contributed by atoms with Gasteiger partial charge in [-0.25, -0.2) is 0 Å². The minimum Gasteiger partial charge on any atom is -0.480 e. The normalized spacial score (nSPS) is 15.8. The first-order valence-corrected chi connectivity index (χ1v) is 8.74. The molecule has 3 rings (SSSR count). The Kier molecular flexibility index (Phi) is 4.65. The van der Waals surface area contributed by atoms with Crippen LogP contribution in [0.25, 0.3) is 10.9 Å². The highest BCUT2D eigenvalue weighted by molar-refractivity contribution is 5.88. The third-order valence-electron chi connectivity index (χ3n) is 5.34. The molecule has 0 bridgehead atoms. The smallest absolute Gasteiger partial charge is 0.321 e. The SMILES string of the molecule is CCNC(Cc1c(C)n(C)c2cc3c(cc12)CN(CC)C3)C(=O)O. The molecule has 1 unspecified atom stereocenters. The van der Waals surface area contributed by atoms with Crippen molar-refractivity contribution in [3.8, 4) is 0 Å². The number of carboxylic acid groups (broad SMARTS) is 1. The maximum absolute atomic E-state index is 11.5. The Labute approximate surface area is 143 Å². The lowest BCUT2D eigenvalue weighted by molar-refractivity contribution is -0.139. The van der Waals surface area contributed by atoms with Crippen LogP contribution in [0.2, 0.25) is 0 Å². The molecule has 0 fully saturated rings. The van der Waals surface area contributed by atoms with Gasteiger partial charge in [0.25, 0.3) is 0 Å². The lowest BCUT2D eigenvalue weighted by atomic mass is 9.99. The summed E-state index contributed by atoms with van der Waals surface area (Å²) in [5, 5.41) is 13.8. The summed E-state index contributed by atoms with van der Waals surface area (Å²) in [4.78, 5) is 14.0. The largest absolute Gasteiger partial charge is 0.480 e. The van der Waals surface area contributed by atoms with Crippen molar-refractivity contribution in [2.75, 3.05) is 13.1 Å². The molecule has 0 saturated heterocycles. The molecule has 130 valence electrons. The zero-order valence-electron chi connectivity index (χ0n) is 15.0. The minimum absolute atomic E-state index is 0.516. The number of nitrogens with zero attached hydrogens (tertiary/aromatic N) is 2. The van der Waals surface area contributed by atoms with E-state index in [1.807, 2.05) is 6.92 Å². The van der Waals surface area contributed by atoms with Gasteiger partial charge in [0.05, 0.1) is 0 Å². The van der Waals surface area contributed by atoms with E-state index in [2.05, 4.69) is 47.8 Å². The Bertz CT molecular complexity index is 779. The van der Waals surface area contributed by atoms with Crippen molar-refractivity contribution in [1.82, 2.24) is 14.8 Å². The third kappa shape index (κ3) is 2.82. The van der Waals surface area contributed by atoms with Gasteiger partial charge >= 0.3 is 5.97 Å². The topological polar surface area (TPSA) is 57.5 Å². The van der Waals surface area contributed by atoms with Gasteiger partial charge in [0.1, 0.15) is 6.04 Å². The zero-order valence-corrected chi connectivity index (χ0v) is 15.0. The van der Waals surface area contributed by atoms with E-state index in [9.17, 15) is 9.90 Å². The molecule has 24 heavy (non-hydrogen) atoms. The summed E-state index contributed by atoms with van der Waals surface area (Å²) < 4.78 is 2.20. The summed E-state index contributed by atoms with van der Waals surface area (Å²) in [5.41, 5.74) is 6.30. The van der Waals surface area contributed by atoms with E-state index >= 15 is 0 Å². The van der Waals surface area contributed by atoms with Gasteiger partial charge < -0.3 is 15.0 Å². The van der Waals surface area contributed by atoms with Gasteiger partial charge in [-0.05, 0) is 48.8 Å². The van der Waals surface area contributed by atoms with Crippen LogP contribution in [0.1, 0.15) is 36.2 Å². The predicted octanol–water partition coefficient (Wildman–Crippen LogP) is 2.43. The van der Waals surface area contributed by atoms with Crippen molar-refractivity contribution in [3.63, 3.8) is 0 Å². The fourth-order valence-corrected chi connectivity index (χ4v) is 3.78. The molecule has 0 amide bonds. The number of fused-ring (bicyclic) bond motifs is 2. The second-order valence-corrected chi connectivity index (χ2v) is 6.72. The second kappa shape index (κ2) is 6.57. The summed E-state index contributed by atoms with van der Waals surface area (Å²) in [7, 11) is 2.07. The number of hydrogen-bond acceptors (Lipinski definition) is 3. The number of likely N-dealkylation sites (N-methyl/N-ethyl adjacent to an activating group) is 1. The van der Waals surface area contributed by atoms with E-state index in [1.54, 1.807) is 0 Å². The Hall–Kier alpha value is -1.85. The summed E-state index contributed by atoms with van der Waals surface area (Å²) >= 11 is 0. The van der Waals surface area contributed by atoms with Gasteiger partial charge in [-0.2, -0.15) is 0 Å². The summed E-state index contributed by atoms with van der Waals surface area (Å²) in [6.07, 6.45) is 0.516. The van der Waals surface area contributed by atoms with Crippen LogP contribution < -0.4 is 5.32 Å². The quantitative estimate of drug-likeness (QED) is 0.855. The number of nitrogens with one attached hydrogen (secondary N) is 1. The molecule has 2 aromatic rings. The highest BCUT2D eigenvalue weighted by atomic mass is 16.4. The fourth-order valence-electron chi connectivity index (χ4n) is 3.78. The number of aromatic nitrogens is 1. The van der Waals surface area contributed by atoms with Crippen molar-refractivity contribution in [2.24, 2.45) is 7.05 Å². The molecule has 1 aliphatic heterocycles. The molecular weight excluding hydrogens is 302 g/mol. The molecule has 0 saturated carbocycles. The van der Waals surface area contributed by atoms with Crippen molar-refractivity contribution in [1.29, 1.82) is 0 Å². The first kappa shape index (κ1) is 17.0. The van der Waals surface area contributed by atoms with Crippen LogP contribution in [0.15, 0.2) is 12.1 Å². The molecule has 5 nitrogen and oxygen atoms in total. The van der Waals surface area contributed by atoms with Crippen LogP contribution in [0.4, 0.5) is 0 Å². The standard InChI is InChI=1S/C19H27N3O2/c1-5-20-17(19(23)24)9-15-12(3)21(4)18-8-14-11-22(6-2)10-13(14)7-16(15)18/h7-8,17,20H,5-6,9-11H2,1-4H3,(H,23,24). The monoisotopic (exact) mass is 329 g/mol. The molecule has 1 aromatic carbocycles. The number of rotatable bonds is 6. The highest BCUT2D eigenvalue weighted by Crippen LogP contribution is 2.32. The lowest BCUT2D eigenvalue weighted by Crippen LogP contribution is -2.38. The Morgan fingerprint density at radius 3 is 2.54 bits per heavy atom. The van der Waals surface area contributed by atoms with Gasteiger partial charge in [0, 0.05) is 43.2 Å². The number of aliphatic carboxylic acids is 1. The number of carbonyl (C=O) groups is 1. The van der Waals surface area contributed by atoms with Crippen LogP contribution in [0.5, 0.6) is 0 Å². The Morgan fingerprint density at radius 2 is 1.96 bits per heavy atom. The van der Waals surface area contributed by atoms with Crippen LogP contribution in [-0.2, 0) is 31.4 Å². The van der Waals surface area contributed by atoms with Gasteiger partial charge in [-0.1, -0.05) is 13.8 Å². The molecule has 1 aliphatic rings. The average molecular weight is 329 g/mol. The number of benzene rings is 1. The van der Waals surface area contributed by atoms with E-state index in [0.717, 1.165) is 30.9 Å². The zero-order chi connectivity index (χ0) is 17.4. The molecule has 0 spiro atoms. The lowest BCUT2D eigenvalue weighted by Gasteiger charge is -2.13. The molecular formula is C19H27N3O2. The average Bonchev–Trinajstić information content (AvgIpc) is 3.06. The van der Waals surface area contributed by atoms with Gasteiger partial charge in [0.2, 0.25) is 0 Å². The number of hydrogen-bond donors (Lipinski definition) is 2. The van der Waals surface area contributed by atoms with Crippen LogP contribution in [0.3, 0.4) is 0 Å². The minimum atomic E-state index is -0.786. The predicted molar refractivity (Wildman–Crippen MR) is 96.2 cm³/mol. The molecule has 2 heterocycles. The Balaban J connectivity index is 2.05. The van der Waals surface area contributed by atoms with Gasteiger partial charge in [-0.15, -0.1) is 0 Å². The Morgan fingerprint density at radius 1 is 1.29 bits per heavy atom. The van der Waals surface area contributed by atoms with Crippen LogP contribution in [0, 0.1) is 6.92 Å². The van der Waals surface area contributed by atoms with E-state index in [-0.39, 0.29) is 0 Å². The molecule has 0 aliphatic carbocycles. The maximum Gasteiger partial charge on any atom is 0.321 e. The number of aryl methyl sites for hydroxylation is 1. The summed E-state index contributed by atoms with van der Waals surface area (Å²) in [6.45, 7) is 9.93. The number of carboxylic acids is 1. The van der Waals surface area contributed by atoms with Crippen molar-refractivity contribution in [3.05, 3.63) is 34.5 Å². The van der Waals surface area contributed by atoms with Gasteiger partial charge in [-0.3, -0.25) is 9.69 Å². The maximum atomic E-state index is 11.5. The fraction of sp³-hybridized carbons (Fsp3) is 0.526. The summed E-state index contributed by atoms with van der Waals surface area (Å²) in [6, 6.07) is 4.03. The second-order valence-electron chi connectivity index (χ2n) is 6.72. The van der Waals surface area contributed by atoms with Crippen molar-refractivity contribution < 1.29 is 9.90 Å². The third-order valence-corrected chi connectivity index (χ3v) is 5.34. The molecule has 1 aromatic heterocycles. The molecule has 2 N–H and O–H groups in total. The van der Waals surface area contributed by atoms with E-state index in [1.165, 1.54) is 22.0 Å². The van der Waals surface area contributed by atoms with Crippen LogP contribution >= 0.6 is 0 Å². The summed E-state index contributed by atoms with van der Waals surface area (Å²) in [5.74, 6) is -0.786.